The molecule has 0 saturated heterocycles. The Bertz CT molecular complexity index is 312. The second kappa shape index (κ2) is 6.75. The lowest BCUT2D eigenvalue weighted by Crippen LogP contribution is -2.16. The van der Waals surface area contributed by atoms with Crippen LogP contribution in [0.1, 0.15) is 30.9 Å². The molecule has 0 fully saturated rings. The lowest BCUT2D eigenvalue weighted by molar-refractivity contribution is 0.528. The van der Waals surface area contributed by atoms with Crippen LogP contribution in [0.2, 0.25) is 0 Å². The molecule has 3 heteroatoms. The maximum atomic E-state index is 4.17. The number of hydrogen-bond donors (Lipinski definition) is 1. The predicted octanol–water partition coefficient (Wildman–Crippen LogP) is 3.46. The van der Waals surface area contributed by atoms with Gasteiger partial charge in [0.2, 0.25) is 0 Å². The van der Waals surface area contributed by atoms with Crippen molar-refractivity contribution in [1.29, 1.82) is 0 Å². The van der Waals surface area contributed by atoms with Crippen molar-refractivity contribution in [2.24, 2.45) is 0 Å². The molecule has 1 N–H and O–H groups in total. The zero-order chi connectivity index (χ0) is 11.1. The number of hydrogen-bond acceptors (Lipinski definition) is 2. The smallest absolute Gasteiger partial charge is 0.0410 e. The minimum atomic E-state index is 0.384. The van der Waals surface area contributed by atoms with Gasteiger partial charge in [-0.1, -0.05) is 6.08 Å². The van der Waals surface area contributed by atoms with E-state index in [1.807, 2.05) is 19.3 Å². The van der Waals surface area contributed by atoms with Crippen LogP contribution in [0.4, 0.5) is 0 Å². The summed E-state index contributed by atoms with van der Waals surface area (Å²) < 4.78 is 1.03. The van der Waals surface area contributed by atoms with Gasteiger partial charge in [0.05, 0.1) is 0 Å². The summed E-state index contributed by atoms with van der Waals surface area (Å²) in [6.07, 6.45) is 9.02. The van der Waals surface area contributed by atoms with Crippen molar-refractivity contribution in [3.8, 4) is 0 Å². The first-order valence-electron chi connectivity index (χ1n) is 5.16. The van der Waals surface area contributed by atoms with Crippen LogP contribution in [-0.4, -0.2) is 12.0 Å². The molecular weight excluding hydrogens is 252 g/mol. The van der Waals surface area contributed by atoms with Crippen molar-refractivity contribution < 1.29 is 0 Å². The molecule has 0 amide bonds. The van der Waals surface area contributed by atoms with E-state index in [-0.39, 0.29) is 0 Å². The third kappa shape index (κ3) is 4.14. The zero-order valence-electron chi connectivity index (χ0n) is 9.04. The fraction of sp³-hybridized carbons (Fsp3) is 0.417. The summed E-state index contributed by atoms with van der Waals surface area (Å²) in [7, 11) is 1.99. The molecule has 2 nitrogen and oxygen atoms in total. The third-order valence-corrected chi connectivity index (χ3v) is 2.81. The summed E-state index contributed by atoms with van der Waals surface area (Å²) in [5.74, 6) is 0. The van der Waals surface area contributed by atoms with Crippen LogP contribution in [0.5, 0.6) is 0 Å². The van der Waals surface area contributed by atoms with Crippen LogP contribution >= 0.6 is 15.9 Å². The maximum Gasteiger partial charge on any atom is 0.0410 e. The lowest BCUT2D eigenvalue weighted by atomic mass is 10.0. The molecule has 0 bridgehead atoms. The van der Waals surface area contributed by atoms with Crippen molar-refractivity contribution in [1.82, 2.24) is 10.3 Å². The second-order valence-corrected chi connectivity index (χ2v) is 4.41. The first kappa shape index (κ1) is 12.4. The molecule has 0 aliphatic carbocycles. The molecule has 15 heavy (non-hydrogen) atoms. The Morgan fingerprint density at radius 2 is 2.40 bits per heavy atom. The predicted molar refractivity (Wildman–Crippen MR) is 67.8 cm³/mol. The van der Waals surface area contributed by atoms with E-state index in [9.17, 15) is 0 Å². The van der Waals surface area contributed by atoms with E-state index in [1.54, 1.807) is 6.20 Å². The van der Waals surface area contributed by atoms with Gasteiger partial charge in [0, 0.05) is 22.9 Å². The minimum absolute atomic E-state index is 0.384. The van der Waals surface area contributed by atoms with Crippen molar-refractivity contribution in [2.75, 3.05) is 7.05 Å². The average molecular weight is 269 g/mol. The van der Waals surface area contributed by atoms with E-state index in [4.69, 9.17) is 0 Å². The molecule has 1 unspecified atom stereocenters. The topological polar surface area (TPSA) is 24.9 Å². The molecular formula is C12H17BrN2. The molecule has 1 rings (SSSR count). The molecule has 0 aliphatic rings. The summed E-state index contributed by atoms with van der Waals surface area (Å²) >= 11 is 3.44. The summed E-state index contributed by atoms with van der Waals surface area (Å²) in [6.45, 7) is 3.73. The zero-order valence-corrected chi connectivity index (χ0v) is 10.6. The summed E-state index contributed by atoms with van der Waals surface area (Å²) in [6, 6.07) is 2.50. The van der Waals surface area contributed by atoms with Gasteiger partial charge in [-0.2, -0.15) is 0 Å². The number of allylic oxidation sites excluding steroid dienone is 1. The summed E-state index contributed by atoms with van der Waals surface area (Å²) in [5.41, 5.74) is 1.23. The Morgan fingerprint density at radius 3 is 3.00 bits per heavy atom. The highest BCUT2D eigenvalue weighted by atomic mass is 79.9. The number of rotatable bonds is 6. The molecule has 1 aromatic rings. The second-order valence-electron chi connectivity index (χ2n) is 3.50. The van der Waals surface area contributed by atoms with Crippen LogP contribution in [-0.2, 0) is 0 Å². The molecule has 0 aliphatic heterocycles. The number of halogens is 1. The number of nitrogens with zero attached hydrogens (tertiary/aromatic N) is 1. The Labute approximate surface area is 99.9 Å². The molecule has 1 atom stereocenters. The van der Waals surface area contributed by atoms with Crippen LogP contribution in [0.25, 0.3) is 0 Å². The quantitative estimate of drug-likeness (QED) is 0.632. The van der Waals surface area contributed by atoms with Crippen LogP contribution < -0.4 is 5.32 Å². The first-order valence-corrected chi connectivity index (χ1v) is 5.96. The number of pyridine rings is 1. The number of aromatic nitrogens is 1. The van der Waals surface area contributed by atoms with Gasteiger partial charge in [0.1, 0.15) is 0 Å². The number of unbranched alkanes of at least 4 members (excludes halogenated alkanes) is 1. The van der Waals surface area contributed by atoms with E-state index < -0.39 is 0 Å². The Kier molecular flexibility index (Phi) is 5.58. The monoisotopic (exact) mass is 268 g/mol. The molecule has 0 radical (unpaired) electrons. The van der Waals surface area contributed by atoms with Gasteiger partial charge >= 0.3 is 0 Å². The van der Waals surface area contributed by atoms with E-state index in [1.165, 1.54) is 5.56 Å². The van der Waals surface area contributed by atoms with Gasteiger partial charge in [-0.3, -0.25) is 4.98 Å². The van der Waals surface area contributed by atoms with E-state index in [0.29, 0.717) is 6.04 Å². The maximum absolute atomic E-state index is 4.17. The fourth-order valence-electron chi connectivity index (χ4n) is 1.56. The molecule has 0 aromatic carbocycles. The average Bonchev–Trinajstić information content (AvgIpc) is 2.24. The molecule has 0 spiro atoms. The van der Waals surface area contributed by atoms with Gasteiger partial charge in [0.25, 0.3) is 0 Å². The van der Waals surface area contributed by atoms with E-state index in [2.05, 4.69) is 38.9 Å². The Morgan fingerprint density at radius 1 is 1.60 bits per heavy atom. The Balaban J connectivity index is 2.61. The van der Waals surface area contributed by atoms with Crippen molar-refractivity contribution in [3.05, 3.63) is 41.2 Å². The van der Waals surface area contributed by atoms with Gasteiger partial charge in [-0.15, -0.1) is 6.58 Å². The molecule has 1 heterocycles. The van der Waals surface area contributed by atoms with Crippen molar-refractivity contribution >= 4 is 15.9 Å². The largest absolute Gasteiger partial charge is 0.313 e. The normalized spacial score (nSPS) is 12.4. The van der Waals surface area contributed by atoms with Gasteiger partial charge in [-0.05, 0) is 53.9 Å². The minimum Gasteiger partial charge on any atom is -0.313 e. The van der Waals surface area contributed by atoms with Crippen molar-refractivity contribution in [3.63, 3.8) is 0 Å². The highest BCUT2D eigenvalue weighted by Gasteiger charge is 2.08. The van der Waals surface area contributed by atoms with E-state index in [0.717, 1.165) is 23.7 Å². The SMILES string of the molecule is C=CCCCC(NC)c1cncc(Br)c1. The third-order valence-electron chi connectivity index (χ3n) is 2.38. The van der Waals surface area contributed by atoms with Gasteiger partial charge < -0.3 is 5.32 Å². The van der Waals surface area contributed by atoms with Crippen LogP contribution in [0.15, 0.2) is 35.6 Å². The van der Waals surface area contributed by atoms with Crippen LogP contribution in [0.3, 0.4) is 0 Å². The summed E-state index contributed by atoms with van der Waals surface area (Å²) in [5, 5.41) is 3.31. The summed E-state index contributed by atoms with van der Waals surface area (Å²) in [4.78, 5) is 4.17. The van der Waals surface area contributed by atoms with E-state index >= 15 is 0 Å². The first-order chi connectivity index (χ1) is 7.27. The highest BCUT2D eigenvalue weighted by molar-refractivity contribution is 9.10. The standard InChI is InChI=1S/C12H17BrN2/c1-3-4-5-6-12(14-2)10-7-11(13)9-15-8-10/h3,7-9,12,14H,1,4-6H2,2H3. The molecule has 1 aromatic heterocycles. The van der Waals surface area contributed by atoms with Crippen molar-refractivity contribution in [2.45, 2.75) is 25.3 Å². The van der Waals surface area contributed by atoms with Crippen LogP contribution in [0, 0.1) is 0 Å². The number of nitrogens with one attached hydrogen (secondary N) is 1. The fourth-order valence-corrected chi connectivity index (χ4v) is 1.95. The van der Waals surface area contributed by atoms with Gasteiger partial charge in [-0.25, -0.2) is 0 Å². The molecule has 0 saturated carbocycles. The lowest BCUT2D eigenvalue weighted by Gasteiger charge is -2.15. The highest BCUT2D eigenvalue weighted by Crippen LogP contribution is 2.21. The van der Waals surface area contributed by atoms with Gasteiger partial charge in [0.15, 0.2) is 0 Å². The molecule has 82 valence electrons. The Hall–Kier alpha value is -0.670.